The Morgan fingerprint density at radius 3 is 2.74 bits per heavy atom. The molecular formula is C23H26FN3O3S. The molecule has 8 heteroatoms. The van der Waals surface area contributed by atoms with Gasteiger partial charge in [-0.25, -0.2) is 9.37 Å². The molecule has 1 aliphatic rings. The summed E-state index contributed by atoms with van der Waals surface area (Å²) >= 11 is 1.46. The highest BCUT2D eigenvalue weighted by Gasteiger charge is 2.23. The monoisotopic (exact) mass is 443 g/mol. The van der Waals surface area contributed by atoms with Gasteiger partial charge in [-0.05, 0) is 49.7 Å². The number of amides is 1. The fraction of sp³-hybridized carbons (Fsp3) is 0.391. The average molecular weight is 444 g/mol. The van der Waals surface area contributed by atoms with Crippen LogP contribution in [0.1, 0.15) is 23.7 Å². The second-order valence-electron chi connectivity index (χ2n) is 7.30. The van der Waals surface area contributed by atoms with E-state index in [1.54, 1.807) is 4.90 Å². The minimum atomic E-state index is -0.364. The molecular weight excluding hydrogens is 417 g/mol. The van der Waals surface area contributed by atoms with E-state index in [0.717, 1.165) is 49.5 Å². The SMILES string of the molecule is CCOc1cccc2sc(N(CCCN3CCOCC3)C(=O)c3ccc(F)cc3)nc12. The van der Waals surface area contributed by atoms with E-state index in [1.807, 2.05) is 25.1 Å². The molecule has 0 spiro atoms. The van der Waals surface area contributed by atoms with Crippen molar-refractivity contribution in [2.75, 3.05) is 50.9 Å². The highest BCUT2D eigenvalue weighted by Crippen LogP contribution is 2.35. The number of hydrogen-bond donors (Lipinski definition) is 0. The predicted molar refractivity (Wildman–Crippen MR) is 121 cm³/mol. The zero-order valence-corrected chi connectivity index (χ0v) is 18.4. The second kappa shape index (κ2) is 10.2. The van der Waals surface area contributed by atoms with Gasteiger partial charge in [0.1, 0.15) is 17.1 Å². The molecule has 0 bridgehead atoms. The summed E-state index contributed by atoms with van der Waals surface area (Å²) in [6.07, 6.45) is 0.807. The average Bonchev–Trinajstić information content (AvgIpc) is 3.23. The predicted octanol–water partition coefficient (Wildman–Crippen LogP) is 4.20. The lowest BCUT2D eigenvalue weighted by molar-refractivity contribution is 0.0376. The molecule has 31 heavy (non-hydrogen) atoms. The Labute approximate surface area is 185 Å². The fourth-order valence-corrected chi connectivity index (χ4v) is 4.62. The molecule has 0 radical (unpaired) electrons. The molecule has 0 aliphatic carbocycles. The first-order valence-electron chi connectivity index (χ1n) is 10.6. The number of benzene rings is 2. The molecule has 164 valence electrons. The summed E-state index contributed by atoms with van der Waals surface area (Å²) in [5, 5.41) is 0.624. The number of nitrogens with zero attached hydrogens (tertiary/aromatic N) is 3. The molecule has 0 unspecified atom stereocenters. The van der Waals surface area contributed by atoms with Crippen molar-refractivity contribution in [1.29, 1.82) is 0 Å². The number of carbonyl (C=O) groups is 1. The molecule has 1 saturated heterocycles. The lowest BCUT2D eigenvalue weighted by Crippen LogP contribution is -2.39. The number of carbonyl (C=O) groups excluding carboxylic acids is 1. The summed E-state index contributed by atoms with van der Waals surface area (Å²) in [5.41, 5.74) is 1.20. The number of fused-ring (bicyclic) bond motifs is 1. The van der Waals surface area contributed by atoms with Crippen LogP contribution in [-0.2, 0) is 4.74 Å². The van der Waals surface area contributed by atoms with Crippen LogP contribution in [0.4, 0.5) is 9.52 Å². The number of halogens is 1. The Balaban J connectivity index is 1.59. The van der Waals surface area contributed by atoms with E-state index in [0.29, 0.717) is 29.6 Å². The maximum absolute atomic E-state index is 13.4. The zero-order chi connectivity index (χ0) is 21.6. The van der Waals surface area contributed by atoms with Gasteiger partial charge in [-0.3, -0.25) is 14.6 Å². The summed E-state index contributed by atoms with van der Waals surface area (Å²) in [5.74, 6) is 0.167. The van der Waals surface area contributed by atoms with Crippen molar-refractivity contribution in [3.63, 3.8) is 0 Å². The van der Waals surface area contributed by atoms with Crippen LogP contribution in [0.3, 0.4) is 0 Å². The van der Waals surface area contributed by atoms with Gasteiger partial charge in [0.15, 0.2) is 5.13 Å². The number of morpholine rings is 1. The van der Waals surface area contributed by atoms with Crippen molar-refractivity contribution < 1.29 is 18.7 Å². The number of anilines is 1. The lowest BCUT2D eigenvalue weighted by atomic mass is 10.2. The molecule has 1 aromatic heterocycles. The minimum absolute atomic E-state index is 0.181. The smallest absolute Gasteiger partial charge is 0.260 e. The van der Waals surface area contributed by atoms with Crippen LogP contribution in [0, 0.1) is 5.82 Å². The molecule has 2 aromatic carbocycles. The van der Waals surface area contributed by atoms with E-state index in [9.17, 15) is 9.18 Å². The summed E-state index contributed by atoms with van der Waals surface area (Å²) in [6.45, 7) is 7.19. The first-order chi connectivity index (χ1) is 15.2. The number of ether oxygens (including phenoxy) is 2. The van der Waals surface area contributed by atoms with Gasteiger partial charge >= 0.3 is 0 Å². The third-order valence-corrected chi connectivity index (χ3v) is 6.24. The highest BCUT2D eigenvalue weighted by molar-refractivity contribution is 7.22. The van der Waals surface area contributed by atoms with Gasteiger partial charge in [0.2, 0.25) is 0 Å². The van der Waals surface area contributed by atoms with Gasteiger partial charge in [-0.15, -0.1) is 0 Å². The fourth-order valence-electron chi connectivity index (χ4n) is 3.61. The number of thiazole rings is 1. The Bertz CT molecular complexity index is 1020. The molecule has 6 nitrogen and oxygen atoms in total. The van der Waals surface area contributed by atoms with E-state index in [4.69, 9.17) is 14.5 Å². The van der Waals surface area contributed by atoms with Crippen LogP contribution in [0.25, 0.3) is 10.2 Å². The van der Waals surface area contributed by atoms with Crippen molar-refractivity contribution >= 4 is 32.6 Å². The molecule has 4 rings (SSSR count). The van der Waals surface area contributed by atoms with Crippen LogP contribution < -0.4 is 9.64 Å². The first kappa shape index (κ1) is 21.7. The molecule has 1 amide bonds. The molecule has 0 saturated carbocycles. The number of hydrogen-bond acceptors (Lipinski definition) is 6. The molecule has 2 heterocycles. The van der Waals surface area contributed by atoms with Crippen LogP contribution in [0.15, 0.2) is 42.5 Å². The van der Waals surface area contributed by atoms with Gasteiger partial charge in [0.05, 0.1) is 24.5 Å². The maximum Gasteiger partial charge on any atom is 0.260 e. The number of aromatic nitrogens is 1. The van der Waals surface area contributed by atoms with E-state index in [1.165, 1.54) is 35.6 Å². The topological polar surface area (TPSA) is 54.9 Å². The summed E-state index contributed by atoms with van der Waals surface area (Å²) in [6, 6.07) is 11.5. The van der Waals surface area contributed by atoms with Crippen molar-refractivity contribution in [3.8, 4) is 5.75 Å². The Morgan fingerprint density at radius 1 is 1.23 bits per heavy atom. The van der Waals surface area contributed by atoms with Gasteiger partial charge < -0.3 is 9.47 Å². The molecule has 0 N–H and O–H groups in total. The van der Waals surface area contributed by atoms with Gasteiger partial charge in [-0.2, -0.15) is 0 Å². The third kappa shape index (κ3) is 5.20. The molecule has 1 fully saturated rings. The van der Waals surface area contributed by atoms with Gasteiger partial charge in [0.25, 0.3) is 5.91 Å². The third-order valence-electron chi connectivity index (χ3n) is 5.20. The summed E-state index contributed by atoms with van der Waals surface area (Å²) in [7, 11) is 0. The molecule has 3 aromatic rings. The van der Waals surface area contributed by atoms with E-state index in [-0.39, 0.29) is 11.7 Å². The van der Waals surface area contributed by atoms with Gasteiger partial charge in [-0.1, -0.05) is 17.4 Å². The highest BCUT2D eigenvalue weighted by atomic mass is 32.1. The summed E-state index contributed by atoms with van der Waals surface area (Å²) < 4.78 is 25.5. The van der Waals surface area contributed by atoms with Crippen LogP contribution >= 0.6 is 11.3 Å². The quantitative estimate of drug-likeness (QED) is 0.522. The van der Waals surface area contributed by atoms with E-state index >= 15 is 0 Å². The van der Waals surface area contributed by atoms with Crippen molar-refractivity contribution in [3.05, 3.63) is 53.8 Å². The Kier molecular flexibility index (Phi) is 7.11. The zero-order valence-electron chi connectivity index (χ0n) is 17.6. The minimum Gasteiger partial charge on any atom is -0.492 e. The first-order valence-corrected chi connectivity index (χ1v) is 11.4. The number of rotatable bonds is 8. The Hall–Kier alpha value is -2.55. The normalized spacial score (nSPS) is 14.6. The molecule has 1 aliphatic heterocycles. The van der Waals surface area contributed by atoms with E-state index < -0.39 is 0 Å². The summed E-state index contributed by atoms with van der Waals surface area (Å²) in [4.78, 5) is 22.1. The van der Waals surface area contributed by atoms with Crippen molar-refractivity contribution in [2.45, 2.75) is 13.3 Å². The lowest BCUT2D eigenvalue weighted by Gasteiger charge is -2.27. The maximum atomic E-state index is 13.4. The van der Waals surface area contributed by atoms with Crippen molar-refractivity contribution in [2.24, 2.45) is 0 Å². The van der Waals surface area contributed by atoms with Crippen LogP contribution in [-0.4, -0.2) is 61.8 Å². The standard InChI is InChI=1S/C23H26FN3O3S/c1-2-30-19-5-3-6-20-21(19)25-23(31-20)27(12-4-11-26-13-15-29-16-14-26)22(28)17-7-9-18(24)10-8-17/h3,5-10H,2,4,11-16H2,1H3. The second-order valence-corrected chi connectivity index (χ2v) is 8.31. The van der Waals surface area contributed by atoms with Gasteiger partial charge in [0, 0.05) is 31.7 Å². The Morgan fingerprint density at radius 2 is 2.00 bits per heavy atom. The molecule has 0 atom stereocenters. The van der Waals surface area contributed by atoms with Crippen LogP contribution in [0.5, 0.6) is 5.75 Å². The van der Waals surface area contributed by atoms with Crippen LogP contribution in [0.2, 0.25) is 0 Å². The van der Waals surface area contributed by atoms with Crippen molar-refractivity contribution in [1.82, 2.24) is 9.88 Å². The van der Waals surface area contributed by atoms with E-state index in [2.05, 4.69) is 4.90 Å². The largest absolute Gasteiger partial charge is 0.492 e. The number of para-hydroxylation sites is 1.